The highest BCUT2D eigenvalue weighted by molar-refractivity contribution is 5.34. The van der Waals surface area contributed by atoms with Crippen LogP contribution in [0.4, 0.5) is 0 Å². The third kappa shape index (κ3) is 3.35. The van der Waals surface area contributed by atoms with Gasteiger partial charge in [-0.25, -0.2) is 4.98 Å². The molecule has 23 heavy (non-hydrogen) atoms. The number of rotatable bonds is 5. The van der Waals surface area contributed by atoms with Gasteiger partial charge in [-0.1, -0.05) is 18.2 Å². The van der Waals surface area contributed by atoms with Crippen molar-refractivity contribution < 1.29 is 4.74 Å². The fourth-order valence-corrected chi connectivity index (χ4v) is 2.63. The summed E-state index contributed by atoms with van der Waals surface area (Å²) in [6.45, 7) is 0. The van der Waals surface area contributed by atoms with Crippen LogP contribution in [0.5, 0.6) is 5.88 Å². The summed E-state index contributed by atoms with van der Waals surface area (Å²) >= 11 is 0. The first-order valence-corrected chi connectivity index (χ1v) is 7.36. The van der Waals surface area contributed by atoms with Crippen LogP contribution in [-0.4, -0.2) is 22.1 Å². The minimum absolute atomic E-state index is 0.0861. The third-order valence-corrected chi connectivity index (χ3v) is 3.74. The Morgan fingerprint density at radius 2 is 1.57 bits per heavy atom. The molecule has 0 amide bonds. The summed E-state index contributed by atoms with van der Waals surface area (Å²) in [7, 11) is 1.59. The summed E-state index contributed by atoms with van der Waals surface area (Å²) in [5.74, 6) is 0.464. The lowest BCUT2D eigenvalue weighted by molar-refractivity contribution is 0.394. The Labute approximate surface area is 135 Å². The van der Waals surface area contributed by atoms with Gasteiger partial charge < -0.3 is 10.5 Å². The Bertz CT molecular complexity index is 710. The van der Waals surface area contributed by atoms with Gasteiger partial charge in [-0.3, -0.25) is 9.97 Å². The number of nitrogens with zero attached hydrogens (tertiary/aromatic N) is 3. The van der Waals surface area contributed by atoms with E-state index in [0.29, 0.717) is 5.88 Å². The highest BCUT2D eigenvalue weighted by Gasteiger charge is 2.25. The Morgan fingerprint density at radius 1 is 0.913 bits per heavy atom. The smallest absolute Gasteiger partial charge is 0.213 e. The summed E-state index contributed by atoms with van der Waals surface area (Å²) < 4.78 is 5.20. The van der Waals surface area contributed by atoms with Crippen molar-refractivity contribution >= 4 is 0 Å². The standard InChI is InChI=1S/C18H18N4O/c1-23-16-8-2-7-15(22-16)18(19)17(13-5-3-9-20-11-13)14-6-4-10-21-12-14/h2-12,17-18H,19H2,1H3. The molecule has 0 fully saturated rings. The second kappa shape index (κ2) is 6.98. The molecule has 0 bridgehead atoms. The molecule has 5 nitrogen and oxygen atoms in total. The zero-order chi connectivity index (χ0) is 16.1. The first-order chi connectivity index (χ1) is 11.3. The summed E-state index contributed by atoms with van der Waals surface area (Å²) in [6, 6.07) is 13.1. The van der Waals surface area contributed by atoms with Crippen molar-refractivity contribution in [1.82, 2.24) is 15.0 Å². The molecule has 0 aliphatic carbocycles. The van der Waals surface area contributed by atoms with E-state index in [2.05, 4.69) is 15.0 Å². The molecule has 0 radical (unpaired) electrons. The van der Waals surface area contributed by atoms with Crippen molar-refractivity contribution in [2.24, 2.45) is 5.73 Å². The maximum atomic E-state index is 6.55. The van der Waals surface area contributed by atoms with Crippen LogP contribution in [0.25, 0.3) is 0 Å². The van der Waals surface area contributed by atoms with E-state index in [9.17, 15) is 0 Å². The van der Waals surface area contributed by atoms with Crippen molar-refractivity contribution in [2.75, 3.05) is 7.11 Å². The first kappa shape index (κ1) is 15.1. The van der Waals surface area contributed by atoms with Gasteiger partial charge in [0, 0.05) is 36.8 Å². The van der Waals surface area contributed by atoms with E-state index in [1.807, 2.05) is 48.8 Å². The van der Waals surface area contributed by atoms with Crippen molar-refractivity contribution in [3.05, 3.63) is 84.1 Å². The van der Waals surface area contributed by atoms with Crippen molar-refractivity contribution in [3.8, 4) is 5.88 Å². The number of hydrogen-bond acceptors (Lipinski definition) is 5. The Balaban J connectivity index is 2.04. The minimum atomic E-state index is -0.335. The van der Waals surface area contributed by atoms with Gasteiger partial charge in [0.1, 0.15) is 0 Å². The van der Waals surface area contributed by atoms with Crippen molar-refractivity contribution in [2.45, 2.75) is 12.0 Å². The molecule has 0 aromatic carbocycles. The Morgan fingerprint density at radius 3 is 2.09 bits per heavy atom. The molecule has 116 valence electrons. The lowest BCUT2D eigenvalue weighted by Gasteiger charge is -2.24. The molecule has 1 atom stereocenters. The van der Waals surface area contributed by atoms with Gasteiger partial charge >= 0.3 is 0 Å². The third-order valence-electron chi connectivity index (χ3n) is 3.74. The summed E-state index contributed by atoms with van der Waals surface area (Å²) in [5.41, 5.74) is 9.37. The molecule has 2 N–H and O–H groups in total. The molecule has 3 heterocycles. The van der Waals surface area contributed by atoms with Gasteiger partial charge in [-0.2, -0.15) is 0 Å². The fraction of sp³-hybridized carbons (Fsp3) is 0.167. The predicted octanol–water partition coefficient (Wildman–Crippen LogP) is 2.71. The number of ether oxygens (including phenoxy) is 1. The van der Waals surface area contributed by atoms with Crippen LogP contribution in [0, 0.1) is 0 Å². The second-order valence-electron chi connectivity index (χ2n) is 5.18. The second-order valence-corrected chi connectivity index (χ2v) is 5.18. The molecule has 0 aliphatic rings. The molecule has 0 spiro atoms. The molecule has 0 aliphatic heterocycles. The van der Waals surface area contributed by atoms with Gasteiger partial charge in [-0.15, -0.1) is 0 Å². The molecule has 5 heteroatoms. The number of pyridine rings is 3. The van der Waals surface area contributed by atoms with Crippen LogP contribution >= 0.6 is 0 Å². The highest BCUT2D eigenvalue weighted by Crippen LogP contribution is 2.34. The number of nitrogens with two attached hydrogens (primary N) is 1. The fourth-order valence-electron chi connectivity index (χ4n) is 2.63. The van der Waals surface area contributed by atoms with Gasteiger partial charge in [-0.05, 0) is 29.3 Å². The summed E-state index contributed by atoms with van der Waals surface area (Å²) in [4.78, 5) is 12.9. The zero-order valence-electron chi connectivity index (χ0n) is 12.8. The molecule has 0 saturated carbocycles. The molecule has 3 rings (SSSR count). The van der Waals surface area contributed by atoms with E-state index < -0.39 is 0 Å². The predicted molar refractivity (Wildman–Crippen MR) is 88.0 cm³/mol. The molecule has 1 unspecified atom stereocenters. The van der Waals surface area contributed by atoms with E-state index in [1.165, 1.54) is 0 Å². The van der Waals surface area contributed by atoms with Gasteiger partial charge in [0.2, 0.25) is 5.88 Å². The highest BCUT2D eigenvalue weighted by atomic mass is 16.5. The minimum Gasteiger partial charge on any atom is -0.481 e. The number of methoxy groups -OCH3 is 1. The van der Waals surface area contributed by atoms with Gasteiger partial charge in [0.25, 0.3) is 0 Å². The van der Waals surface area contributed by atoms with Crippen molar-refractivity contribution in [1.29, 1.82) is 0 Å². The quantitative estimate of drug-likeness (QED) is 0.784. The lowest BCUT2D eigenvalue weighted by atomic mass is 9.85. The monoisotopic (exact) mass is 306 g/mol. The average Bonchev–Trinajstić information content (AvgIpc) is 2.64. The largest absolute Gasteiger partial charge is 0.481 e. The van der Waals surface area contributed by atoms with E-state index in [1.54, 1.807) is 25.6 Å². The van der Waals surface area contributed by atoms with Crippen LogP contribution in [-0.2, 0) is 0 Å². The maximum absolute atomic E-state index is 6.55. The molecule has 3 aromatic heterocycles. The number of aromatic nitrogens is 3. The van der Waals surface area contributed by atoms with E-state index in [4.69, 9.17) is 10.5 Å². The van der Waals surface area contributed by atoms with Crippen molar-refractivity contribution in [3.63, 3.8) is 0 Å². The topological polar surface area (TPSA) is 73.9 Å². The summed E-state index contributed by atoms with van der Waals surface area (Å²) in [6.07, 6.45) is 7.16. The van der Waals surface area contributed by atoms with Crippen LogP contribution in [0.2, 0.25) is 0 Å². The van der Waals surface area contributed by atoms with E-state index >= 15 is 0 Å². The Hall–Kier alpha value is -2.79. The SMILES string of the molecule is COc1cccc(C(N)C(c2cccnc2)c2cccnc2)n1. The summed E-state index contributed by atoms with van der Waals surface area (Å²) in [5, 5.41) is 0. The lowest BCUT2D eigenvalue weighted by Crippen LogP contribution is -2.22. The normalized spacial score (nSPS) is 12.1. The van der Waals surface area contributed by atoms with Crippen LogP contribution in [0.15, 0.2) is 67.3 Å². The van der Waals surface area contributed by atoms with Gasteiger partial charge in [0.15, 0.2) is 0 Å². The first-order valence-electron chi connectivity index (χ1n) is 7.36. The maximum Gasteiger partial charge on any atom is 0.213 e. The number of hydrogen-bond donors (Lipinski definition) is 1. The van der Waals surface area contributed by atoms with Gasteiger partial charge in [0.05, 0.1) is 18.8 Å². The zero-order valence-corrected chi connectivity index (χ0v) is 12.8. The van der Waals surface area contributed by atoms with Crippen LogP contribution in [0.1, 0.15) is 28.8 Å². The molecular weight excluding hydrogens is 288 g/mol. The van der Waals surface area contributed by atoms with Crippen LogP contribution in [0.3, 0.4) is 0 Å². The van der Waals surface area contributed by atoms with E-state index in [-0.39, 0.29) is 12.0 Å². The molecular formula is C18H18N4O. The molecule has 0 saturated heterocycles. The van der Waals surface area contributed by atoms with E-state index in [0.717, 1.165) is 16.8 Å². The molecule has 3 aromatic rings. The Kier molecular flexibility index (Phi) is 4.59. The average molecular weight is 306 g/mol. The van der Waals surface area contributed by atoms with Crippen LogP contribution < -0.4 is 10.5 Å².